The summed E-state index contributed by atoms with van der Waals surface area (Å²) in [5.74, 6) is 0.790. The van der Waals surface area contributed by atoms with Crippen LogP contribution in [0.25, 0.3) is 10.1 Å². The summed E-state index contributed by atoms with van der Waals surface area (Å²) in [6.45, 7) is 5.12. The maximum absolute atomic E-state index is 12.4. The van der Waals surface area contributed by atoms with Crippen LogP contribution in [0, 0.1) is 0 Å². The Morgan fingerprint density at radius 1 is 1.08 bits per heavy atom. The van der Waals surface area contributed by atoms with Gasteiger partial charge >= 0.3 is 0 Å². The Kier molecular flexibility index (Phi) is 4.22. The first-order valence-electron chi connectivity index (χ1n) is 7.99. The average Bonchev–Trinajstić information content (AvgIpc) is 3.12. The van der Waals surface area contributed by atoms with Crippen LogP contribution >= 0.6 is 11.3 Å². The third-order valence-electron chi connectivity index (χ3n) is 4.30. The van der Waals surface area contributed by atoms with E-state index in [1.807, 2.05) is 17.5 Å². The monoisotopic (exact) mass is 342 g/mol. The molecule has 0 radical (unpaired) electrons. The van der Waals surface area contributed by atoms with Gasteiger partial charge in [0.2, 0.25) is 5.95 Å². The number of aromatic nitrogens is 4. The molecular weight excluding hydrogens is 324 g/mol. The van der Waals surface area contributed by atoms with E-state index in [0.717, 1.165) is 48.8 Å². The van der Waals surface area contributed by atoms with Crippen LogP contribution < -0.4 is 10.5 Å². The Hall–Kier alpha value is -2.32. The van der Waals surface area contributed by atoms with Gasteiger partial charge in [0, 0.05) is 50.5 Å². The molecule has 3 aromatic heterocycles. The number of hydrogen-bond donors (Lipinski definition) is 0. The smallest absolute Gasteiger partial charge is 0.284 e. The number of anilines is 1. The second kappa shape index (κ2) is 6.66. The van der Waals surface area contributed by atoms with Gasteiger partial charge in [0.05, 0.1) is 12.7 Å². The van der Waals surface area contributed by atoms with Crippen molar-refractivity contribution in [2.45, 2.75) is 6.54 Å². The van der Waals surface area contributed by atoms with E-state index >= 15 is 0 Å². The molecule has 3 aromatic rings. The summed E-state index contributed by atoms with van der Waals surface area (Å²) in [5.41, 5.74) is 0.0128. The second-order valence-corrected chi connectivity index (χ2v) is 6.67. The van der Waals surface area contributed by atoms with E-state index in [9.17, 15) is 4.79 Å². The van der Waals surface area contributed by atoms with Crippen molar-refractivity contribution in [3.8, 4) is 0 Å². The van der Waals surface area contributed by atoms with Crippen LogP contribution in [0.15, 0.2) is 40.9 Å². The standard InChI is InChI=1S/C16H18N6OS/c23-15-14-13(2-11-24-14)12-19-22(15)10-7-20-5-8-21(9-6-20)16-17-3-1-4-18-16/h1-4,11-12H,5-10H2. The highest BCUT2D eigenvalue weighted by Crippen LogP contribution is 2.14. The third-order valence-corrected chi connectivity index (χ3v) is 5.21. The Morgan fingerprint density at radius 3 is 2.67 bits per heavy atom. The van der Waals surface area contributed by atoms with E-state index in [4.69, 9.17) is 0 Å². The summed E-state index contributed by atoms with van der Waals surface area (Å²) >= 11 is 1.48. The van der Waals surface area contributed by atoms with Crippen molar-refractivity contribution in [1.29, 1.82) is 0 Å². The molecule has 4 rings (SSSR count). The van der Waals surface area contributed by atoms with Gasteiger partial charge in [0.15, 0.2) is 0 Å². The number of fused-ring (bicyclic) bond motifs is 1. The van der Waals surface area contributed by atoms with Crippen LogP contribution in [-0.2, 0) is 6.54 Å². The lowest BCUT2D eigenvalue weighted by Gasteiger charge is -2.34. The Bertz CT molecular complexity index is 869. The molecule has 0 bridgehead atoms. The van der Waals surface area contributed by atoms with Gasteiger partial charge in [-0.3, -0.25) is 9.69 Å². The number of thiophene rings is 1. The molecule has 0 aliphatic carbocycles. The average molecular weight is 342 g/mol. The van der Waals surface area contributed by atoms with E-state index in [1.165, 1.54) is 11.3 Å². The van der Waals surface area contributed by atoms with Gasteiger partial charge in [-0.15, -0.1) is 11.3 Å². The van der Waals surface area contributed by atoms with Crippen LogP contribution in [0.1, 0.15) is 0 Å². The quantitative estimate of drug-likeness (QED) is 0.707. The number of rotatable bonds is 4. The second-order valence-electron chi connectivity index (χ2n) is 5.76. The normalized spacial score (nSPS) is 15.9. The van der Waals surface area contributed by atoms with Gasteiger partial charge in [-0.05, 0) is 17.5 Å². The molecular formula is C16H18N6OS. The van der Waals surface area contributed by atoms with E-state index in [1.54, 1.807) is 23.3 Å². The van der Waals surface area contributed by atoms with Gasteiger partial charge in [-0.25, -0.2) is 14.6 Å². The minimum absolute atomic E-state index is 0.0128. The maximum Gasteiger partial charge on any atom is 0.284 e. The van der Waals surface area contributed by atoms with Gasteiger partial charge in [-0.2, -0.15) is 5.10 Å². The minimum Gasteiger partial charge on any atom is -0.338 e. The molecule has 1 fully saturated rings. The van der Waals surface area contributed by atoms with E-state index in [0.29, 0.717) is 6.54 Å². The minimum atomic E-state index is 0.0128. The largest absolute Gasteiger partial charge is 0.338 e. The molecule has 1 aliphatic rings. The fourth-order valence-electron chi connectivity index (χ4n) is 2.92. The molecule has 0 atom stereocenters. The molecule has 4 heterocycles. The van der Waals surface area contributed by atoms with Crippen LogP contribution in [-0.4, -0.2) is 57.4 Å². The molecule has 8 heteroatoms. The van der Waals surface area contributed by atoms with E-state index in [2.05, 4.69) is 24.9 Å². The lowest BCUT2D eigenvalue weighted by Crippen LogP contribution is -2.48. The summed E-state index contributed by atoms with van der Waals surface area (Å²) in [6, 6.07) is 3.76. The van der Waals surface area contributed by atoms with E-state index < -0.39 is 0 Å². The predicted molar refractivity (Wildman–Crippen MR) is 94.6 cm³/mol. The van der Waals surface area contributed by atoms with Gasteiger partial charge in [-0.1, -0.05) is 0 Å². The highest BCUT2D eigenvalue weighted by molar-refractivity contribution is 7.17. The van der Waals surface area contributed by atoms with Crippen molar-refractivity contribution < 1.29 is 0 Å². The van der Waals surface area contributed by atoms with Crippen molar-refractivity contribution in [1.82, 2.24) is 24.6 Å². The SMILES string of the molecule is O=c1c2sccc2cnn1CCN1CCN(c2ncccn2)CC1. The predicted octanol–water partition coefficient (Wildman–Crippen LogP) is 1.07. The van der Waals surface area contributed by atoms with Crippen LogP contribution in [0.3, 0.4) is 0 Å². The molecule has 0 N–H and O–H groups in total. The number of piperazine rings is 1. The van der Waals surface area contributed by atoms with E-state index in [-0.39, 0.29) is 5.56 Å². The van der Waals surface area contributed by atoms with Gasteiger partial charge in [0.25, 0.3) is 5.56 Å². The summed E-state index contributed by atoms with van der Waals surface area (Å²) in [4.78, 5) is 25.5. The van der Waals surface area contributed by atoms with Crippen molar-refractivity contribution in [2.75, 3.05) is 37.6 Å². The molecule has 0 amide bonds. The van der Waals surface area contributed by atoms with Crippen molar-refractivity contribution in [3.05, 3.63) is 46.5 Å². The fraction of sp³-hybridized carbons (Fsp3) is 0.375. The molecule has 1 aliphatic heterocycles. The first-order chi connectivity index (χ1) is 11.8. The van der Waals surface area contributed by atoms with Crippen LogP contribution in [0.5, 0.6) is 0 Å². The molecule has 124 valence electrons. The zero-order valence-corrected chi connectivity index (χ0v) is 14.0. The van der Waals surface area contributed by atoms with Crippen molar-refractivity contribution >= 4 is 27.4 Å². The molecule has 24 heavy (non-hydrogen) atoms. The molecule has 0 saturated carbocycles. The zero-order chi connectivity index (χ0) is 16.4. The Morgan fingerprint density at radius 2 is 1.88 bits per heavy atom. The summed E-state index contributed by atoms with van der Waals surface area (Å²) < 4.78 is 2.36. The lowest BCUT2D eigenvalue weighted by molar-refractivity contribution is 0.242. The molecule has 0 spiro atoms. The van der Waals surface area contributed by atoms with Gasteiger partial charge in [0.1, 0.15) is 4.70 Å². The summed E-state index contributed by atoms with van der Waals surface area (Å²) in [5, 5.41) is 7.14. The highest BCUT2D eigenvalue weighted by Gasteiger charge is 2.18. The zero-order valence-electron chi connectivity index (χ0n) is 13.2. The fourth-order valence-corrected chi connectivity index (χ4v) is 3.73. The number of hydrogen-bond acceptors (Lipinski definition) is 7. The van der Waals surface area contributed by atoms with Crippen molar-refractivity contribution in [3.63, 3.8) is 0 Å². The first kappa shape index (κ1) is 15.2. The van der Waals surface area contributed by atoms with Gasteiger partial charge < -0.3 is 4.90 Å². The number of nitrogens with zero attached hydrogens (tertiary/aromatic N) is 6. The molecule has 7 nitrogen and oxygen atoms in total. The molecule has 1 saturated heterocycles. The van der Waals surface area contributed by atoms with Crippen LogP contribution in [0.4, 0.5) is 5.95 Å². The lowest BCUT2D eigenvalue weighted by atomic mass is 10.3. The first-order valence-corrected chi connectivity index (χ1v) is 8.87. The molecule has 0 aromatic carbocycles. The Labute approximate surface area is 143 Å². The third kappa shape index (κ3) is 3.02. The summed E-state index contributed by atoms with van der Waals surface area (Å²) in [6.07, 6.45) is 5.32. The Balaban J connectivity index is 1.35. The topological polar surface area (TPSA) is 67.2 Å². The summed E-state index contributed by atoms with van der Waals surface area (Å²) in [7, 11) is 0. The van der Waals surface area contributed by atoms with Crippen LogP contribution in [0.2, 0.25) is 0 Å². The van der Waals surface area contributed by atoms with Crippen molar-refractivity contribution in [2.24, 2.45) is 0 Å². The molecule has 0 unspecified atom stereocenters. The highest BCUT2D eigenvalue weighted by atomic mass is 32.1. The maximum atomic E-state index is 12.4.